The molecule has 2 heterocycles. The minimum absolute atomic E-state index is 0.0565. The third-order valence-corrected chi connectivity index (χ3v) is 5.03. The molecular formula is C21H19Cl2N3O5. The number of imide groups is 1. The third kappa shape index (κ3) is 5.21. The molecule has 0 fully saturated rings. The maximum atomic E-state index is 12.6. The number of hydrogen-bond acceptors (Lipinski definition) is 6. The summed E-state index contributed by atoms with van der Waals surface area (Å²) in [7, 11) is 0. The summed E-state index contributed by atoms with van der Waals surface area (Å²) in [5, 5.41) is 2.85. The number of nitrogens with one attached hydrogen (secondary N) is 1. The predicted molar refractivity (Wildman–Crippen MR) is 114 cm³/mol. The standard InChI is InChI=1S/C21H19Cl2N3O5/c1-11(2)5-6-26-19(28)14-4-3-12(7-15(14)20(26)29)21(30)31-10-17(27)25-18-16(23)8-13(22)9-24-18/h3-4,7-9,11H,5-6,10H2,1-2H3,(H,24,25,27). The van der Waals surface area contributed by atoms with E-state index in [0.717, 1.165) is 0 Å². The van der Waals surface area contributed by atoms with Crippen LogP contribution in [0, 0.1) is 5.92 Å². The summed E-state index contributed by atoms with van der Waals surface area (Å²) in [6, 6.07) is 5.51. The van der Waals surface area contributed by atoms with Crippen LogP contribution in [0.3, 0.4) is 0 Å². The number of anilines is 1. The second-order valence-corrected chi connectivity index (χ2v) is 8.16. The molecule has 0 unspecified atom stereocenters. The van der Waals surface area contributed by atoms with Crippen molar-refractivity contribution in [2.75, 3.05) is 18.5 Å². The van der Waals surface area contributed by atoms with Gasteiger partial charge in [-0.3, -0.25) is 19.3 Å². The minimum Gasteiger partial charge on any atom is -0.452 e. The molecule has 3 rings (SSSR count). The number of hydrogen-bond donors (Lipinski definition) is 1. The molecule has 1 aliphatic rings. The average molecular weight is 464 g/mol. The quantitative estimate of drug-likeness (QED) is 0.493. The van der Waals surface area contributed by atoms with E-state index in [9.17, 15) is 19.2 Å². The number of fused-ring (bicyclic) bond motifs is 1. The number of pyridine rings is 1. The zero-order valence-electron chi connectivity index (χ0n) is 16.8. The molecule has 0 radical (unpaired) electrons. The maximum Gasteiger partial charge on any atom is 0.338 e. The molecule has 31 heavy (non-hydrogen) atoms. The number of carbonyl (C=O) groups is 4. The summed E-state index contributed by atoms with van der Waals surface area (Å²) in [6.07, 6.45) is 1.99. The number of aromatic nitrogens is 1. The van der Waals surface area contributed by atoms with Crippen molar-refractivity contribution in [1.29, 1.82) is 0 Å². The van der Waals surface area contributed by atoms with Crippen LogP contribution in [-0.4, -0.2) is 46.7 Å². The smallest absolute Gasteiger partial charge is 0.338 e. The summed E-state index contributed by atoms with van der Waals surface area (Å²) >= 11 is 11.7. The SMILES string of the molecule is CC(C)CCN1C(=O)c2ccc(C(=O)OCC(=O)Nc3ncc(Cl)cc3Cl)cc2C1=O. The highest BCUT2D eigenvalue weighted by molar-refractivity contribution is 6.36. The first-order chi connectivity index (χ1) is 14.7. The fraction of sp³-hybridized carbons (Fsp3) is 0.286. The molecule has 1 N–H and O–H groups in total. The van der Waals surface area contributed by atoms with E-state index in [1.165, 1.54) is 35.4 Å². The van der Waals surface area contributed by atoms with Crippen LogP contribution in [0.4, 0.5) is 5.82 Å². The zero-order chi connectivity index (χ0) is 22.7. The highest BCUT2D eigenvalue weighted by Gasteiger charge is 2.35. The van der Waals surface area contributed by atoms with Gasteiger partial charge in [0.05, 0.1) is 26.7 Å². The summed E-state index contributed by atoms with van der Waals surface area (Å²) in [5.41, 5.74) is 0.442. The molecule has 0 saturated carbocycles. The number of esters is 1. The van der Waals surface area contributed by atoms with Gasteiger partial charge in [-0.1, -0.05) is 37.0 Å². The molecule has 0 saturated heterocycles. The van der Waals surface area contributed by atoms with Gasteiger partial charge < -0.3 is 10.1 Å². The van der Waals surface area contributed by atoms with Crippen LogP contribution in [0.2, 0.25) is 10.0 Å². The zero-order valence-corrected chi connectivity index (χ0v) is 18.3. The molecule has 162 valence electrons. The van der Waals surface area contributed by atoms with Gasteiger partial charge in [0.2, 0.25) is 0 Å². The van der Waals surface area contributed by atoms with Crippen LogP contribution >= 0.6 is 23.2 Å². The summed E-state index contributed by atoms with van der Waals surface area (Å²) < 4.78 is 5.00. The fourth-order valence-corrected chi connectivity index (χ4v) is 3.32. The van der Waals surface area contributed by atoms with Crippen LogP contribution in [0.5, 0.6) is 0 Å². The predicted octanol–water partition coefficient (Wildman–Crippen LogP) is 3.83. The lowest BCUT2D eigenvalue weighted by atomic mass is 10.1. The molecule has 10 heteroatoms. The van der Waals surface area contributed by atoms with Crippen molar-refractivity contribution in [3.63, 3.8) is 0 Å². The van der Waals surface area contributed by atoms with Crippen LogP contribution in [0.1, 0.15) is 51.3 Å². The number of rotatable bonds is 7. The lowest BCUT2D eigenvalue weighted by Crippen LogP contribution is -2.31. The van der Waals surface area contributed by atoms with Crippen molar-refractivity contribution in [3.05, 3.63) is 57.2 Å². The Morgan fingerprint density at radius 3 is 2.52 bits per heavy atom. The van der Waals surface area contributed by atoms with E-state index in [1.54, 1.807) is 0 Å². The number of halogens is 2. The Balaban J connectivity index is 1.63. The summed E-state index contributed by atoms with van der Waals surface area (Å²) in [4.78, 5) is 54.4. The lowest BCUT2D eigenvalue weighted by Gasteiger charge is -2.14. The first kappa shape index (κ1) is 22.7. The van der Waals surface area contributed by atoms with Crippen LogP contribution in [0.25, 0.3) is 0 Å². The van der Waals surface area contributed by atoms with Crippen LogP contribution in [0.15, 0.2) is 30.5 Å². The van der Waals surface area contributed by atoms with Crippen LogP contribution in [-0.2, 0) is 9.53 Å². The Morgan fingerprint density at radius 1 is 1.13 bits per heavy atom. The van der Waals surface area contributed by atoms with E-state index in [-0.39, 0.29) is 33.4 Å². The van der Waals surface area contributed by atoms with Gasteiger partial charge >= 0.3 is 5.97 Å². The van der Waals surface area contributed by atoms with Crippen molar-refractivity contribution in [2.24, 2.45) is 5.92 Å². The Kier molecular flexibility index (Phi) is 6.92. The Hall–Kier alpha value is -2.97. The van der Waals surface area contributed by atoms with E-state index in [2.05, 4.69) is 10.3 Å². The summed E-state index contributed by atoms with van der Waals surface area (Å²) in [5.74, 6) is -1.88. The monoisotopic (exact) mass is 463 g/mol. The van der Waals surface area contributed by atoms with Crippen molar-refractivity contribution >= 4 is 52.7 Å². The third-order valence-electron chi connectivity index (χ3n) is 4.54. The highest BCUT2D eigenvalue weighted by Crippen LogP contribution is 2.25. The molecular weight excluding hydrogens is 445 g/mol. The van der Waals surface area contributed by atoms with Gasteiger partial charge in [0.1, 0.15) is 0 Å². The second-order valence-electron chi connectivity index (χ2n) is 7.31. The molecule has 1 aromatic carbocycles. The van der Waals surface area contributed by atoms with Crippen molar-refractivity contribution < 1.29 is 23.9 Å². The van der Waals surface area contributed by atoms with Gasteiger partial charge in [0.15, 0.2) is 12.4 Å². The van der Waals surface area contributed by atoms with E-state index >= 15 is 0 Å². The molecule has 0 spiro atoms. The average Bonchev–Trinajstić information content (AvgIpc) is 2.96. The summed E-state index contributed by atoms with van der Waals surface area (Å²) in [6.45, 7) is 3.72. The number of benzene rings is 1. The van der Waals surface area contributed by atoms with Gasteiger partial charge in [-0.15, -0.1) is 0 Å². The van der Waals surface area contributed by atoms with Gasteiger partial charge in [-0.2, -0.15) is 0 Å². The number of amides is 3. The van der Waals surface area contributed by atoms with E-state index < -0.39 is 24.4 Å². The largest absolute Gasteiger partial charge is 0.452 e. The highest BCUT2D eigenvalue weighted by atomic mass is 35.5. The van der Waals surface area contributed by atoms with Crippen molar-refractivity contribution in [3.8, 4) is 0 Å². The van der Waals surface area contributed by atoms with Gasteiger partial charge in [0.25, 0.3) is 17.7 Å². The number of ether oxygens (including phenoxy) is 1. The maximum absolute atomic E-state index is 12.6. The molecule has 1 aliphatic heterocycles. The van der Waals surface area contributed by atoms with Crippen molar-refractivity contribution in [2.45, 2.75) is 20.3 Å². The molecule has 1 aromatic heterocycles. The molecule has 8 nitrogen and oxygen atoms in total. The first-order valence-corrected chi connectivity index (χ1v) is 10.2. The number of nitrogens with zero attached hydrogens (tertiary/aromatic N) is 2. The molecule has 2 aromatic rings. The molecule has 0 bridgehead atoms. The van der Waals surface area contributed by atoms with Gasteiger partial charge in [0, 0.05) is 12.7 Å². The van der Waals surface area contributed by atoms with Gasteiger partial charge in [-0.05, 0) is 36.6 Å². The normalized spacial score (nSPS) is 12.9. The Labute approximate surface area is 188 Å². The molecule has 0 atom stereocenters. The van der Waals surface area contributed by atoms with E-state index in [0.29, 0.717) is 23.9 Å². The first-order valence-electron chi connectivity index (χ1n) is 9.45. The number of carbonyl (C=O) groups excluding carboxylic acids is 4. The molecule has 0 aliphatic carbocycles. The van der Waals surface area contributed by atoms with Gasteiger partial charge in [-0.25, -0.2) is 9.78 Å². The second kappa shape index (κ2) is 9.45. The molecule has 3 amide bonds. The van der Waals surface area contributed by atoms with E-state index in [4.69, 9.17) is 27.9 Å². The van der Waals surface area contributed by atoms with Crippen LogP contribution < -0.4 is 5.32 Å². The minimum atomic E-state index is -0.811. The fourth-order valence-electron chi connectivity index (χ4n) is 2.90. The van der Waals surface area contributed by atoms with Crippen molar-refractivity contribution in [1.82, 2.24) is 9.88 Å². The Bertz CT molecular complexity index is 1070. The topological polar surface area (TPSA) is 106 Å². The Morgan fingerprint density at radius 2 is 1.84 bits per heavy atom. The van der Waals surface area contributed by atoms with E-state index in [1.807, 2.05) is 13.8 Å². The lowest BCUT2D eigenvalue weighted by molar-refractivity contribution is -0.119.